The first-order valence-electron chi connectivity index (χ1n) is 7.89. The standard InChI is InChI=1S/C21H17NO3/c23-20(17-9-5-2-6-10-17)22-19-13-16(12-18(14-19)21(24)25)11-15-7-3-1-4-8-15/h1-10,12-14H,11H2,(H,22,23)(H,24,25). The summed E-state index contributed by atoms with van der Waals surface area (Å²) in [5.41, 5.74) is 3.05. The van der Waals surface area contributed by atoms with Crippen molar-refractivity contribution in [2.75, 3.05) is 5.32 Å². The number of carbonyl (C=O) groups excluding carboxylic acids is 1. The number of anilines is 1. The Bertz CT molecular complexity index is 890. The Labute approximate surface area is 145 Å². The van der Waals surface area contributed by atoms with E-state index in [1.54, 1.807) is 36.4 Å². The van der Waals surface area contributed by atoms with Crippen molar-refractivity contribution >= 4 is 17.6 Å². The summed E-state index contributed by atoms with van der Waals surface area (Å²) < 4.78 is 0. The van der Waals surface area contributed by atoms with E-state index in [4.69, 9.17) is 0 Å². The van der Waals surface area contributed by atoms with Gasteiger partial charge in [-0.2, -0.15) is 0 Å². The third-order valence-corrected chi connectivity index (χ3v) is 3.78. The summed E-state index contributed by atoms with van der Waals surface area (Å²) in [7, 11) is 0. The fourth-order valence-corrected chi connectivity index (χ4v) is 2.61. The van der Waals surface area contributed by atoms with Gasteiger partial charge in [-0.1, -0.05) is 48.5 Å². The number of carboxylic acid groups (broad SMARTS) is 1. The monoisotopic (exact) mass is 331 g/mol. The molecule has 1 amide bonds. The van der Waals surface area contributed by atoms with Crippen molar-refractivity contribution < 1.29 is 14.7 Å². The number of benzene rings is 3. The van der Waals surface area contributed by atoms with E-state index < -0.39 is 5.97 Å². The summed E-state index contributed by atoms with van der Waals surface area (Å²) in [5, 5.41) is 12.1. The average Bonchev–Trinajstić information content (AvgIpc) is 2.63. The van der Waals surface area contributed by atoms with Crippen LogP contribution in [0.1, 0.15) is 31.8 Å². The maximum absolute atomic E-state index is 12.3. The van der Waals surface area contributed by atoms with Gasteiger partial charge in [0.2, 0.25) is 0 Å². The number of carboxylic acids is 1. The predicted octanol–water partition coefficient (Wildman–Crippen LogP) is 4.23. The van der Waals surface area contributed by atoms with E-state index in [0.29, 0.717) is 17.7 Å². The highest BCUT2D eigenvalue weighted by atomic mass is 16.4. The fourth-order valence-electron chi connectivity index (χ4n) is 2.61. The lowest BCUT2D eigenvalue weighted by Crippen LogP contribution is -2.12. The van der Waals surface area contributed by atoms with Crippen molar-refractivity contribution in [2.24, 2.45) is 0 Å². The molecule has 0 aliphatic heterocycles. The number of carbonyl (C=O) groups is 2. The van der Waals surface area contributed by atoms with Gasteiger partial charge in [-0.15, -0.1) is 0 Å². The summed E-state index contributed by atoms with van der Waals surface area (Å²) in [6.07, 6.45) is 0.593. The lowest BCUT2D eigenvalue weighted by Gasteiger charge is -2.10. The molecule has 0 aromatic heterocycles. The van der Waals surface area contributed by atoms with E-state index in [1.807, 2.05) is 36.4 Å². The molecule has 0 saturated carbocycles. The Morgan fingerprint density at radius 3 is 2.04 bits per heavy atom. The predicted molar refractivity (Wildman–Crippen MR) is 97.0 cm³/mol. The molecular formula is C21H17NO3. The summed E-state index contributed by atoms with van der Waals surface area (Å²) in [6, 6.07) is 23.5. The molecular weight excluding hydrogens is 314 g/mol. The van der Waals surface area contributed by atoms with Gasteiger partial charge in [-0.05, 0) is 47.9 Å². The lowest BCUT2D eigenvalue weighted by atomic mass is 10.0. The summed E-state index contributed by atoms with van der Waals surface area (Å²) in [5.74, 6) is -1.29. The molecule has 124 valence electrons. The van der Waals surface area contributed by atoms with Crippen LogP contribution in [0.3, 0.4) is 0 Å². The van der Waals surface area contributed by atoms with Crippen LogP contribution in [0.5, 0.6) is 0 Å². The molecule has 0 heterocycles. The highest BCUT2D eigenvalue weighted by molar-refractivity contribution is 6.04. The Kier molecular flexibility index (Phi) is 4.90. The zero-order valence-corrected chi connectivity index (χ0v) is 13.5. The second-order valence-corrected chi connectivity index (χ2v) is 5.71. The second-order valence-electron chi connectivity index (χ2n) is 5.71. The van der Waals surface area contributed by atoms with Gasteiger partial charge in [0.1, 0.15) is 0 Å². The number of hydrogen-bond acceptors (Lipinski definition) is 2. The van der Waals surface area contributed by atoms with Crippen LogP contribution in [0.4, 0.5) is 5.69 Å². The third-order valence-electron chi connectivity index (χ3n) is 3.78. The molecule has 4 heteroatoms. The maximum atomic E-state index is 12.3. The smallest absolute Gasteiger partial charge is 0.335 e. The van der Waals surface area contributed by atoms with E-state index >= 15 is 0 Å². The van der Waals surface area contributed by atoms with Crippen molar-refractivity contribution in [3.8, 4) is 0 Å². The van der Waals surface area contributed by atoms with Crippen LogP contribution in [0.25, 0.3) is 0 Å². The zero-order valence-electron chi connectivity index (χ0n) is 13.5. The van der Waals surface area contributed by atoms with Crippen molar-refractivity contribution in [1.29, 1.82) is 0 Å². The summed E-state index contributed by atoms with van der Waals surface area (Å²) >= 11 is 0. The molecule has 0 spiro atoms. The highest BCUT2D eigenvalue weighted by Crippen LogP contribution is 2.19. The Balaban J connectivity index is 1.88. The maximum Gasteiger partial charge on any atom is 0.335 e. The number of rotatable bonds is 5. The van der Waals surface area contributed by atoms with Gasteiger partial charge in [0.05, 0.1) is 5.56 Å². The van der Waals surface area contributed by atoms with Crippen LogP contribution < -0.4 is 5.32 Å². The average molecular weight is 331 g/mol. The van der Waals surface area contributed by atoms with E-state index in [1.165, 1.54) is 6.07 Å². The van der Waals surface area contributed by atoms with Crippen LogP contribution >= 0.6 is 0 Å². The number of nitrogens with one attached hydrogen (secondary N) is 1. The number of aromatic carboxylic acids is 1. The van der Waals surface area contributed by atoms with Crippen LogP contribution in [-0.4, -0.2) is 17.0 Å². The molecule has 0 unspecified atom stereocenters. The minimum absolute atomic E-state index is 0.150. The molecule has 0 atom stereocenters. The molecule has 0 aliphatic rings. The van der Waals surface area contributed by atoms with Gasteiger partial charge in [-0.3, -0.25) is 4.79 Å². The van der Waals surface area contributed by atoms with Crippen molar-refractivity contribution in [2.45, 2.75) is 6.42 Å². The van der Waals surface area contributed by atoms with E-state index in [-0.39, 0.29) is 11.5 Å². The van der Waals surface area contributed by atoms with Crippen molar-refractivity contribution in [3.63, 3.8) is 0 Å². The van der Waals surface area contributed by atoms with Crippen LogP contribution in [0.15, 0.2) is 78.9 Å². The van der Waals surface area contributed by atoms with Crippen LogP contribution in [0.2, 0.25) is 0 Å². The molecule has 3 rings (SSSR count). The first kappa shape index (κ1) is 16.5. The molecule has 2 N–H and O–H groups in total. The van der Waals surface area contributed by atoms with Crippen molar-refractivity contribution in [1.82, 2.24) is 0 Å². The third kappa shape index (κ3) is 4.32. The van der Waals surface area contributed by atoms with Crippen LogP contribution in [-0.2, 0) is 6.42 Å². The fraction of sp³-hybridized carbons (Fsp3) is 0.0476. The molecule has 0 aliphatic carbocycles. The largest absolute Gasteiger partial charge is 0.478 e. The van der Waals surface area contributed by atoms with Gasteiger partial charge < -0.3 is 10.4 Å². The molecule has 0 fully saturated rings. The molecule has 0 radical (unpaired) electrons. The Morgan fingerprint density at radius 1 is 0.760 bits per heavy atom. The van der Waals surface area contributed by atoms with E-state index in [2.05, 4.69) is 5.32 Å². The summed E-state index contributed by atoms with van der Waals surface area (Å²) in [4.78, 5) is 23.7. The van der Waals surface area contributed by atoms with Gasteiger partial charge in [-0.25, -0.2) is 4.79 Å². The first-order chi connectivity index (χ1) is 12.1. The number of amides is 1. The minimum Gasteiger partial charge on any atom is -0.478 e. The highest BCUT2D eigenvalue weighted by Gasteiger charge is 2.11. The molecule has 0 bridgehead atoms. The minimum atomic E-state index is -1.02. The molecule has 25 heavy (non-hydrogen) atoms. The van der Waals surface area contributed by atoms with E-state index in [0.717, 1.165) is 11.1 Å². The van der Waals surface area contributed by atoms with Gasteiger partial charge in [0.15, 0.2) is 0 Å². The van der Waals surface area contributed by atoms with E-state index in [9.17, 15) is 14.7 Å². The van der Waals surface area contributed by atoms with Gasteiger partial charge >= 0.3 is 5.97 Å². The zero-order chi connectivity index (χ0) is 17.6. The Morgan fingerprint density at radius 2 is 1.40 bits per heavy atom. The molecule has 4 nitrogen and oxygen atoms in total. The molecule has 3 aromatic carbocycles. The molecule has 0 saturated heterocycles. The van der Waals surface area contributed by atoms with Crippen LogP contribution in [0, 0.1) is 0 Å². The summed E-state index contributed by atoms with van der Waals surface area (Å²) in [6.45, 7) is 0. The van der Waals surface area contributed by atoms with Gasteiger partial charge in [0, 0.05) is 11.3 Å². The van der Waals surface area contributed by atoms with Gasteiger partial charge in [0.25, 0.3) is 5.91 Å². The quantitative estimate of drug-likeness (QED) is 0.735. The normalized spacial score (nSPS) is 10.2. The molecule has 3 aromatic rings. The first-order valence-corrected chi connectivity index (χ1v) is 7.89. The topological polar surface area (TPSA) is 66.4 Å². The second kappa shape index (κ2) is 7.45. The Hall–Kier alpha value is -3.40. The SMILES string of the molecule is O=C(O)c1cc(Cc2ccccc2)cc(NC(=O)c2ccccc2)c1. The number of hydrogen-bond donors (Lipinski definition) is 2. The van der Waals surface area contributed by atoms with Crippen molar-refractivity contribution in [3.05, 3.63) is 101 Å². The lowest BCUT2D eigenvalue weighted by molar-refractivity contribution is 0.0696.